The fraction of sp³-hybridized carbons (Fsp3) is 0.333. The molecule has 0 aliphatic carbocycles. The van der Waals surface area contributed by atoms with Crippen LogP contribution in [0.15, 0.2) is 18.2 Å². The molecule has 0 radical (unpaired) electrons. The molecule has 0 aliphatic rings. The maximum atomic E-state index is 11.9. The standard InChI is InChI=1S/C12H15IN2O3/c1-3-12(2,14)11(18)15-9-5-4-7(13)6-8(9)10(16)17/h4-6H,3,14H2,1-2H3,(H,15,18)(H,16,17). The summed E-state index contributed by atoms with van der Waals surface area (Å²) in [7, 11) is 0. The Morgan fingerprint density at radius 3 is 2.61 bits per heavy atom. The van der Waals surface area contributed by atoms with Crippen LogP contribution in [0.1, 0.15) is 30.6 Å². The van der Waals surface area contributed by atoms with Crippen molar-refractivity contribution in [3.63, 3.8) is 0 Å². The molecule has 0 spiro atoms. The highest BCUT2D eigenvalue weighted by molar-refractivity contribution is 14.1. The van der Waals surface area contributed by atoms with E-state index in [1.807, 2.05) is 22.6 Å². The molecule has 4 N–H and O–H groups in total. The fourth-order valence-corrected chi connectivity index (χ4v) is 1.72. The molecule has 0 aromatic heterocycles. The van der Waals surface area contributed by atoms with E-state index < -0.39 is 17.4 Å². The highest BCUT2D eigenvalue weighted by Gasteiger charge is 2.27. The lowest BCUT2D eigenvalue weighted by Gasteiger charge is -2.22. The van der Waals surface area contributed by atoms with Crippen LogP contribution in [0.4, 0.5) is 5.69 Å². The fourth-order valence-electron chi connectivity index (χ4n) is 1.23. The lowest BCUT2D eigenvalue weighted by Crippen LogP contribution is -2.48. The van der Waals surface area contributed by atoms with Gasteiger partial charge in [0.1, 0.15) is 0 Å². The van der Waals surface area contributed by atoms with Crippen molar-refractivity contribution >= 4 is 40.2 Å². The number of carboxylic acids is 1. The van der Waals surface area contributed by atoms with Crippen molar-refractivity contribution in [3.8, 4) is 0 Å². The van der Waals surface area contributed by atoms with Gasteiger partial charge in [0.25, 0.3) is 0 Å². The number of hydrogen-bond acceptors (Lipinski definition) is 3. The summed E-state index contributed by atoms with van der Waals surface area (Å²) in [5.41, 5.74) is 5.11. The van der Waals surface area contributed by atoms with E-state index in [-0.39, 0.29) is 11.3 Å². The molecule has 0 saturated carbocycles. The molecule has 5 nitrogen and oxygen atoms in total. The summed E-state index contributed by atoms with van der Waals surface area (Å²) >= 11 is 2.01. The molecule has 0 fully saturated rings. The van der Waals surface area contributed by atoms with E-state index in [4.69, 9.17) is 10.8 Å². The Balaban J connectivity index is 3.05. The first-order valence-electron chi connectivity index (χ1n) is 5.41. The molecule has 1 amide bonds. The summed E-state index contributed by atoms with van der Waals surface area (Å²) in [5, 5.41) is 11.6. The Morgan fingerprint density at radius 2 is 2.11 bits per heavy atom. The third-order valence-electron chi connectivity index (χ3n) is 2.71. The maximum Gasteiger partial charge on any atom is 0.337 e. The highest BCUT2D eigenvalue weighted by atomic mass is 127. The average Bonchev–Trinajstić information content (AvgIpc) is 2.31. The Kier molecular flexibility index (Phi) is 4.69. The lowest BCUT2D eigenvalue weighted by atomic mass is 9.99. The second kappa shape index (κ2) is 5.66. The number of benzene rings is 1. The van der Waals surface area contributed by atoms with Crippen LogP contribution in [0.25, 0.3) is 0 Å². The van der Waals surface area contributed by atoms with Gasteiger partial charge in [-0.3, -0.25) is 4.79 Å². The van der Waals surface area contributed by atoms with Crippen molar-refractivity contribution in [1.29, 1.82) is 0 Å². The normalized spacial score (nSPS) is 13.8. The van der Waals surface area contributed by atoms with Gasteiger partial charge in [-0.15, -0.1) is 0 Å². The summed E-state index contributed by atoms with van der Waals surface area (Å²) in [5.74, 6) is -1.48. The molecule has 0 saturated heterocycles. The monoisotopic (exact) mass is 362 g/mol. The number of aromatic carboxylic acids is 1. The largest absolute Gasteiger partial charge is 0.478 e. The molecular weight excluding hydrogens is 347 g/mol. The summed E-state index contributed by atoms with van der Waals surface area (Å²) in [6.45, 7) is 3.40. The first-order chi connectivity index (χ1) is 8.27. The summed E-state index contributed by atoms with van der Waals surface area (Å²) in [4.78, 5) is 23.0. The van der Waals surface area contributed by atoms with E-state index in [9.17, 15) is 9.59 Å². The molecule has 18 heavy (non-hydrogen) atoms. The lowest BCUT2D eigenvalue weighted by molar-refractivity contribution is -0.120. The topological polar surface area (TPSA) is 92.4 Å². The zero-order chi connectivity index (χ0) is 13.9. The number of carbonyl (C=O) groups is 2. The van der Waals surface area contributed by atoms with Crippen LogP contribution in [0, 0.1) is 3.57 Å². The highest BCUT2D eigenvalue weighted by Crippen LogP contribution is 2.20. The summed E-state index contributed by atoms with van der Waals surface area (Å²) < 4.78 is 0.786. The van der Waals surface area contributed by atoms with Crippen LogP contribution >= 0.6 is 22.6 Å². The van der Waals surface area contributed by atoms with Gasteiger partial charge in [-0.05, 0) is 54.1 Å². The average molecular weight is 362 g/mol. The van der Waals surface area contributed by atoms with Crippen LogP contribution in [0.2, 0.25) is 0 Å². The number of amides is 1. The molecule has 0 aliphatic heterocycles. The van der Waals surface area contributed by atoms with Crippen LogP contribution in [0.5, 0.6) is 0 Å². The molecule has 1 unspecified atom stereocenters. The molecular formula is C12H15IN2O3. The predicted molar refractivity (Wildman–Crippen MR) is 77.6 cm³/mol. The van der Waals surface area contributed by atoms with Crippen molar-refractivity contribution in [2.75, 3.05) is 5.32 Å². The molecule has 1 aromatic rings. The van der Waals surface area contributed by atoms with Crippen molar-refractivity contribution in [3.05, 3.63) is 27.3 Å². The predicted octanol–water partition coefficient (Wildman–Crippen LogP) is 2.06. The van der Waals surface area contributed by atoms with E-state index in [1.54, 1.807) is 26.0 Å². The molecule has 1 aromatic carbocycles. The zero-order valence-electron chi connectivity index (χ0n) is 10.2. The Hall–Kier alpha value is -1.15. The van der Waals surface area contributed by atoms with Gasteiger partial charge in [0.05, 0.1) is 16.8 Å². The van der Waals surface area contributed by atoms with E-state index in [2.05, 4.69) is 5.32 Å². The summed E-state index contributed by atoms with van der Waals surface area (Å²) in [6, 6.07) is 4.79. The van der Waals surface area contributed by atoms with Gasteiger partial charge in [0.15, 0.2) is 0 Å². The second-order valence-corrected chi connectivity index (χ2v) is 5.47. The Bertz CT molecular complexity index is 486. The number of nitrogens with two attached hydrogens (primary N) is 1. The minimum atomic E-state index is -1.08. The third kappa shape index (κ3) is 3.42. The van der Waals surface area contributed by atoms with Crippen LogP contribution in [-0.4, -0.2) is 22.5 Å². The molecule has 6 heteroatoms. The van der Waals surface area contributed by atoms with E-state index in [0.29, 0.717) is 6.42 Å². The van der Waals surface area contributed by atoms with E-state index >= 15 is 0 Å². The quantitative estimate of drug-likeness (QED) is 0.715. The number of halogens is 1. The number of anilines is 1. The second-order valence-electron chi connectivity index (χ2n) is 4.22. The van der Waals surface area contributed by atoms with Gasteiger partial charge in [-0.2, -0.15) is 0 Å². The zero-order valence-corrected chi connectivity index (χ0v) is 12.3. The molecule has 98 valence electrons. The number of nitrogens with one attached hydrogen (secondary N) is 1. The molecule has 1 rings (SSSR count). The van der Waals surface area contributed by atoms with Crippen LogP contribution in [0.3, 0.4) is 0 Å². The first-order valence-corrected chi connectivity index (χ1v) is 6.49. The Labute approximate surface area is 119 Å². The van der Waals surface area contributed by atoms with Gasteiger partial charge in [0, 0.05) is 3.57 Å². The molecule has 1 atom stereocenters. The molecule has 0 heterocycles. The SMILES string of the molecule is CCC(C)(N)C(=O)Nc1ccc(I)cc1C(=O)O. The van der Waals surface area contributed by atoms with Crippen molar-refractivity contribution < 1.29 is 14.7 Å². The smallest absolute Gasteiger partial charge is 0.337 e. The minimum absolute atomic E-state index is 0.0575. The van der Waals surface area contributed by atoms with Gasteiger partial charge < -0.3 is 16.2 Å². The van der Waals surface area contributed by atoms with Gasteiger partial charge in [-0.25, -0.2) is 4.79 Å². The van der Waals surface area contributed by atoms with Crippen molar-refractivity contribution in [1.82, 2.24) is 0 Å². The number of rotatable bonds is 4. The number of hydrogen-bond donors (Lipinski definition) is 3. The first kappa shape index (κ1) is 14.9. The van der Waals surface area contributed by atoms with Gasteiger partial charge in [-0.1, -0.05) is 6.92 Å². The van der Waals surface area contributed by atoms with Gasteiger partial charge >= 0.3 is 5.97 Å². The number of carbonyl (C=O) groups excluding carboxylic acids is 1. The van der Waals surface area contributed by atoms with Crippen molar-refractivity contribution in [2.45, 2.75) is 25.8 Å². The van der Waals surface area contributed by atoms with Crippen LogP contribution < -0.4 is 11.1 Å². The van der Waals surface area contributed by atoms with Gasteiger partial charge in [0.2, 0.25) is 5.91 Å². The minimum Gasteiger partial charge on any atom is -0.478 e. The summed E-state index contributed by atoms with van der Waals surface area (Å²) in [6.07, 6.45) is 0.464. The Morgan fingerprint density at radius 1 is 1.50 bits per heavy atom. The maximum absolute atomic E-state index is 11.9. The molecule has 0 bridgehead atoms. The van der Waals surface area contributed by atoms with E-state index in [0.717, 1.165) is 3.57 Å². The third-order valence-corrected chi connectivity index (χ3v) is 3.38. The van der Waals surface area contributed by atoms with Crippen LogP contribution in [-0.2, 0) is 4.79 Å². The van der Waals surface area contributed by atoms with E-state index in [1.165, 1.54) is 6.07 Å². The van der Waals surface area contributed by atoms with Crippen molar-refractivity contribution in [2.24, 2.45) is 5.73 Å². The number of carboxylic acid groups (broad SMARTS) is 1.